The van der Waals surface area contributed by atoms with Crippen LogP contribution in [-0.2, 0) is 6.54 Å². The minimum Gasteiger partial charge on any atom is -0.490 e. The van der Waals surface area contributed by atoms with E-state index in [-0.39, 0.29) is 6.61 Å². The number of ether oxygens (including phenoxy) is 1. The summed E-state index contributed by atoms with van der Waals surface area (Å²) in [6.45, 7) is 7.02. The molecule has 5 nitrogen and oxygen atoms in total. The molecule has 0 saturated heterocycles. The Hall–Kier alpha value is -2.02. The lowest BCUT2D eigenvalue weighted by Gasteiger charge is -2.15. The van der Waals surface area contributed by atoms with Crippen LogP contribution in [0.3, 0.4) is 0 Å². The molecule has 1 heterocycles. The fourth-order valence-corrected chi connectivity index (χ4v) is 4.04. The zero-order valence-electron chi connectivity index (χ0n) is 16.2. The van der Waals surface area contributed by atoms with Crippen LogP contribution in [-0.4, -0.2) is 38.3 Å². The van der Waals surface area contributed by atoms with Gasteiger partial charge < -0.3 is 14.4 Å². The van der Waals surface area contributed by atoms with Gasteiger partial charge in [-0.2, -0.15) is 0 Å². The molecule has 3 rings (SSSR count). The Labute approximate surface area is 174 Å². The topological polar surface area (TPSA) is 60.2 Å². The highest BCUT2D eigenvalue weighted by atomic mass is 35.5. The molecule has 0 aliphatic heterocycles. The SMILES string of the molecule is CCn1c(SCC(O)COc2c(C)cccc2C)nnc1-c1cccc(Cl)c1. The van der Waals surface area contributed by atoms with Crippen molar-refractivity contribution in [3.63, 3.8) is 0 Å². The van der Waals surface area contributed by atoms with Gasteiger partial charge >= 0.3 is 0 Å². The van der Waals surface area contributed by atoms with Crippen molar-refractivity contribution < 1.29 is 9.84 Å². The molecule has 28 heavy (non-hydrogen) atoms. The summed E-state index contributed by atoms with van der Waals surface area (Å²) in [5, 5.41) is 20.4. The van der Waals surface area contributed by atoms with E-state index in [1.807, 2.05) is 67.8 Å². The van der Waals surface area contributed by atoms with E-state index in [0.29, 0.717) is 10.8 Å². The second-order valence-electron chi connectivity index (χ2n) is 6.56. The van der Waals surface area contributed by atoms with Gasteiger partial charge in [-0.3, -0.25) is 0 Å². The molecule has 0 amide bonds. The third kappa shape index (κ3) is 4.87. The predicted octanol–water partition coefficient (Wildman–Crippen LogP) is 4.77. The van der Waals surface area contributed by atoms with Gasteiger partial charge in [-0.05, 0) is 44.0 Å². The van der Waals surface area contributed by atoms with Crippen LogP contribution in [0.5, 0.6) is 5.75 Å². The molecule has 148 valence electrons. The molecule has 3 aromatic rings. The number of nitrogens with zero attached hydrogens (tertiary/aromatic N) is 3. The van der Waals surface area contributed by atoms with Crippen LogP contribution >= 0.6 is 23.4 Å². The second-order valence-corrected chi connectivity index (χ2v) is 7.98. The number of aliphatic hydroxyl groups excluding tert-OH is 1. The number of aryl methyl sites for hydroxylation is 2. The summed E-state index contributed by atoms with van der Waals surface area (Å²) < 4.78 is 7.86. The molecular formula is C21H24ClN3O2S. The van der Waals surface area contributed by atoms with Crippen molar-refractivity contribution in [2.24, 2.45) is 0 Å². The highest BCUT2D eigenvalue weighted by molar-refractivity contribution is 7.99. The zero-order chi connectivity index (χ0) is 20.1. The molecule has 1 aromatic heterocycles. The molecule has 0 aliphatic carbocycles. The van der Waals surface area contributed by atoms with Gasteiger partial charge in [0.15, 0.2) is 11.0 Å². The Bertz CT molecular complexity index is 925. The van der Waals surface area contributed by atoms with Gasteiger partial charge in [-0.15, -0.1) is 10.2 Å². The summed E-state index contributed by atoms with van der Waals surface area (Å²) in [4.78, 5) is 0. The van der Waals surface area contributed by atoms with E-state index >= 15 is 0 Å². The molecule has 0 spiro atoms. The fraction of sp³-hybridized carbons (Fsp3) is 0.333. The highest BCUT2D eigenvalue weighted by Crippen LogP contribution is 2.27. The quantitative estimate of drug-likeness (QED) is 0.535. The molecule has 1 N–H and O–H groups in total. The van der Waals surface area contributed by atoms with Crippen molar-refractivity contribution in [3.8, 4) is 17.1 Å². The molecule has 1 unspecified atom stereocenters. The molecule has 7 heteroatoms. The van der Waals surface area contributed by atoms with Crippen LogP contribution < -0.4 is 4.74 Å². The Morgan fingerprint density at radius 2 is 1.86 bits per heavy atom. The van der Waals surface area contributed by atoms with Crippen LogP contribution in [0.15, 0.2) is 47.6 Å². The average molecular weight is 418 g/mol. The van der Waals surface area contributed by atoms with Gasteiger partial charge in [-0.1, -0.05) is 53.7 Å². The first-order valence-corrected chi connectivity index (χ1v) is 10.5. The van der Waals surface area contributed by atoms with E-state index < -0.39 is 6.10 Å². The van der Waals surface area contributed by atoms with E-state index in [0.717, 1.165) is 40.0 Å². The molecule has 0 fully saturated rings. The third-order valence-corrected chi connectivity index (χ3v) is 5.70. The lowest BCUT2D eigenvalue weighted by atomic mass is 10.1. The summed E-state index contributed by atoms with van der Waals surface area (Å²) in [5.41, 5.74) is 3.06. The van der Waals surface area contributed by atoms with Crippen LogP contribution in [0.25, 0.3) is 11.4 Å². The number of para-hydroxylation sites is 1. The van der Waals surface area contributed by atoms with Crippen molar-refractivity contribution in [3.05, 3.63) is 58.6 Å². The number of thioether (sulfide) groups is 1. The van der Waals surface area contributed by atoms with Crippen LogP contribution in [0.2, 0.25) is 5.02 Å². The number of hydrogen-bond acceptors (Lipinski definition) is 5. The molecular weight excluding hydrogens is 394 g/mol. The lowest BCUT2D eigenvalue weighted by molar-refractivity contribution is 0.125. The standard InChI is InChI=1S/C21H24ClN3O2S/c1-4-25-20(16-9-6-10-17(22)11-16)23-24-21(25)28-13-18(26)12-27-19-14(2)7-5-8-15(19)3/h5-11,18,26H,4,12-13H2,1-3H3. The Morgan fingerprint density at radius 3 is 2.54 bits per heavy atom. The maximum absolute atomic E-state index is 10.4. The third-order valence-electron chi connectivity index (χ3n) is 4.35. The van der Waals surface area contributed by atoms with Gasteiger partial charge in [0.2, 0.25) is 0 Å². The second kappa shape index (κ2) is 9.45. The maximum Gasteiger partial charge on any atom is 0.191 e. The molecule has 0 bridgehead atoms. The van der Waals surface area contributed by atoms with E-state index in [9.17, 15) is 5.11 Å². The van der Waals surface area contributed by atoms with Gasteiger partial charge in [0.05, 0.1) is 6.10 Å². The average Bonchev–Trinajstić information content (AvgIpc) is 3.09. The van der Waals surface area contributed by atoms with E-state index in [2.05, 4.69) is 10.2 Å². The Kier molecular flexibility index (Phi) is 6.99. The number of benzene rings is 2. The highest BCUT2D eigenvalue weighted by Gasteiger charge is 2.16. The normalized spacial score (nSPS) is 12.2. The van der Waals surface area contributed by atoms with Crippen molar-refractivity contribution in [1.29, 1.82) is 0 Å². The molecule has 1 atom stereocenters. The van der Waals surface area contributed by atoms with Crippen LogP contribution in [0.1, 0.15) is 18.1 Å². The summed E-state index contributed by atoms with van der Waals surface area (Å²) >= 11 is 7.57. The molecule has 0 radical (unpaired) electrons. The van der Waals surface area contributed by atoms with Crippen molar-refractivity contribution in [1.82, 2.24) is 14.8 Å². The fourth-order valence-electron chi connectivity index (χ4n) is 2.95. The van der Waals surface area contributed by atoms with E-state index in [1.165, 1.54) is 11.8 Å². The maximum atomic E-state index is 10.4. The number of aliphatic hydroxyl groups is 1. The summed E-state index contributed by atoms with van der Waals surface area (Å²) in [6.07, 6.45) is -0.611. The summed E-state index contributed by atoms with van der Waals surface area (Å²) in [6, 6.07) is 13.6. The first-order chi connectivity index (χ1) is 13.5. The van der Waals surface area contributed by atoms with Crippen LogP contribution in [0.4, 0.5) is 0 Å². The summed E-state index contributed by atoms with van der Waals surface area (Å²) in [5.74, 6) is 2.08. The molecule has 2 aromatic carbocycles. The van der Waals surface area contributed by atoms with E-state index in [1.54, 1.807) is 0 Å². The Morgan fingerprint density at radius 1 is 1.14 bits per heavy atom. The molecule has 0 aliphatic rings. The molecule has 0 saturated carbocycles. The monoisotopic (exact) mass is 417 g/mol. The predicted molar refractivity (Wildman–Crippen MR) is 114 cm³/mol. The first kappa shape index (κ1) is 20.7. The smallest absolute Gasteiger partial charge is 0.191 e. The van der Waals surface area contributed by atoms with Crippen molar-refractivity contribution >= 4 is 23.4 Å². The number of rotatable bonds is 8. The number of halogens is 1. The minimum absolute atomic E-state index is 0.236. The van der Waals surface area contributed by atoms with Gasteiger partial charge in [-0.25, -0.2) is 0 Å². The number of hydrogen-bond donors (Lipinski definition) is 1. The van der Waals surface area contributed by atoms with Crippen LogP contribution in [0, 0.1) is 13.8 Å². The van der Waals surface area contributed by atoms with Crippen molar-refractivity contribution in [2.75, 3.05) is 12.4 Å². The van der Waals surface area contributed by atoms with Crippen molar-refractivity contribution in [2.45, 2.75) is 38.6 Å². The Balaban J connectivity index is 1.63. The largest absolute Gasteiger partial charge is 0.490 e. The minimum atomic E-state index is -0.611. The zero-order valence-corrected chi connectivity index (χ0v) is 17.8. The van der Waals surface area contributed by atoms with Gasteiger partial charge in [0.1, 0.15) is 12.4 Å². The van der Waals surface area contributed by atoms with E-state index in [4.69, 9.17) is 16.3 Å². The number of aromatic nitrogens is 3. The summed E-state index contributed by atoms with van der Waals surface area (Å²) in [7, 11) is 0. The van der Waals surface area contributed by atoms with Gasteiger partial charge in [0, 0.05) is 22.9 Å². The van der Waals surface area contributed by atoms with Gasteiger partial charge in [0.25, 0.3) is 0 Å². The first-order valence-electron chi connectivity index (χ1n) is 9.18. The lowest BCUT2D eigenvalue weighted by Crippen LogP contribution is -2.21.